The van der Waals surface area contributed by atoms with E-state index in [2.05, 4.69) is 20.8 Å². The molecule has 0 radical (unpaired) electrons. The first kappa shape index (κ1) is 14.5. The normalized spacial score (nSPS) is 19.9. The Balaban J connectivity index is 2.57. The first-order valence-corrected chi connectivity index (χ1v) is 6.50. The molecule has 100 valence electrons. The fourth-order valence-corrected chi connectivity index (χ4v) is 2.24. The van der Waals surface area contributed by atoms with Crippen molar-refractivity contribution in [3.05, 3.63) is 0 Å². The van der Waals surface area contributed by atoms with E-state index >= 15 is 0 Å². The molecule has 1 heterocycles. The summed E-state index contributed by atoms with van der Waals surface area (Å²) >= 11 is 0. The Morgan fingerprint density at radius 1 is 1.35 bits per heavy atom. The minimum atomic E-state index is -0.0481. The van der Waals surface area contributed by atoms with Crippen LogP contribution in [0.3, 0.4) is 0 Å². The molecular weight excluding hydrogens is 216 g/mol. The van der Waals surface area contributed by atoms with Crippen LogP contribution in [-0.2, 0) is 9.53 Å². The van der Waals surface area contributed by atoms with Crippen molar-refractivity contribution < 1.29 is 9.53 Å². The number of hydrogen-bond acceptors (Lipinski definition) is 3. The van der Waals surface area contributed by atoms with Crippen LogP contribution < -0.4 is 5.73 Å². The van der Waals surface area contributed by atoms with Crippen LogP contribution >= 0.6 is 0 Å². The Bertz CT molecular complexity index is 240. The molecule has 0 saturated carbocycles. The molecule has 2 N–H and O–H groups in total. The third-order valence-electron chi connectivity index (χ3n) is 3.03. The topological polar surface area (TPSA) is 55.6 Å². The Kier molecular flexibility index (Phi) is 5.40. The lowest BCUT2D eigenvalue weighted by Gasteiger charge is -2.29. The molecule has 17 heavy (non-hydrogen) atoms. The van der Waals surface area contributed by atoms with Gasteiger partial charge >= 0.3 is 0 Å². The lowest BCUT2D eigenvalue weighted by molar-refractivity contribution is -0.136. The second kappa shape index (κ2) is 6.36. The lowest BCUT2D eigenvalue weighted by atomic mass is 9.84. The van der Waals surface area contributed by atoms with Gasteiger partial charge in [-0.1, -0.05) is 20.8 Å². The zero-order chi connectivity index (χ0) is 12.9. The molecule has 4 heteroatoms. The molecule has 1 aliphatic heterocycles. The number of rotatable bonds is 3. The summed E-state index contributed by atoms with van der Waals surface area (Å²) in [6, 6.07) is 0. The zero-order valence-corrected chi connectivity index (χ0v) is 11.4. The van der Waals surface area contributed by atoms with Gasteiger partial charge in [0.15, 0.2) is 0 Å². The summed E-state index contributed by atoms with van der Waals surface area (Å²) in [5, 5.41) is 0. The maximum atomic E-state index is 12.4. The van der Waals surface area contributed by atoms with E-state index in [1.807, 2.05) is 4.90 Å². The van der Waals surface area contributed by atoms with Gasteiger partial charge in [0.2, 0.25) is 5.91 Å². The van der Waals surface area contributed by atoms with Gasteiger partial charge < -0.3 is 15.4 Å². The van der Waals surface area contributed by atoms with Crippen molar-refractivity contribution in [2.45, 2.75) is 33.6 Å². The first-order chi connectivity index (χ1) is 7.94. The molecule has 1 unspecified atom stereocenters. The number of ether oxygens (including phenoxy) is 1. The Morgan fingerprint density at radius 3 is 2.65 bits per heavy atom. The van der Waals surface area contributed by atoms with Gasteiger partial charge in [-0.2, -0.15) is 0 Å². The fraction of sp³-hybridized carbons (Fsp3) is 0.923. The summed E-state index contributed by atoms with van der Waals surface area (Å²) in [4.78, 5) is 14.3. The number of carbonyl (C=O) groups is 1. The first-order valence-electron chi connectivity index (χ1n) is 6.50. The molecule has 0 aromatic heterocycles. The van der Waals surface area contributed by atoms with Gasteiger partial charge in [-0.3, -0.25) is 4.79 Å². The number of nitrogens with two attached hydrogens (primary N) is 1. The summed E-state index contributed by atoms with van der Waals surface area (Å²) in [6.45, 7) is 9.80. The molecule has 1 amide bonds. The van der Waals surface area contributed by atoms with Crippen LogP contribution in [0.25, 0.3) is 0 Å². The number of carbonyl (C=O) groups excluding carboxylic acids is 1. The van der Waals surface area contributed by atoms with E-state index in [0.717, 1.165) is 26.0 Å². The van der Waals surface area contributed by atoms with Gasteiger partial charge in [-0.25, -0.2) is 0 Å². The van der Waals surface area contributed by atoms with Gasteiger partial charge in [0, 0.05) is 26.2 Å². The zero-order valence-electron chi connectivity index (χ0n) is 11.4. The van der Waals surface area contributed by atoms with Gasteiger partial charge in [-0.15, -0.1) is 0 Å². The monoisotopic (exact) mass is 242 g/mol. The molecule has 0 bridgehead atoms. The van der Waals surface area contributed by atoms with Crippen LogP contribution in [0.5, 0.6) is 0 Å². The summed E-state index contributed by atoms with van der Waals surface area (Å²) in [5.74, 6) is 0.154. The standard InChI is InChI=1S/C13H26N2O2/c1-13(2,3)9-11(10-14)12(16)15-5-4-7-17-8-6-15/h11H,4-10,14H2,1-3H3. The minimum absolute atomic E-state index is 0.0481. The van der Waals surface area contributed by atoms with E-state index in [9.17, 15) is 4.79 Å². The van der Waals surface area contributed by atoms with Crippen molar-refractivity contribution >= 4 is 5.91 Å². The maximum Gasteiger partial charge on any atom is 0.227 e. The van der Waals surface area contributed by atoms with E-state index in [0.29, 0.717) is 19.7 Å². The summed E-state index contributed by atoms with van der Waals surface area (Å²) in [7, 11) is 0. The highest BCUT2D eigenvalue weighted by Crippen LogP contribution is 2.25. The van der Waals surface area contributed by atoms with Crippen molar-refractivity contribution in [2.24, 2.45) is 17.1 Å². The molecule has 1 atom stereocenters. The van der Waals surface area contributed by atoms with E-state index in [1.165, 1.54) is 0 Å². The highest BCUT2D eigenvalue weighted by Gasteiger charge is 2.27. The van der Waals surface area contributed by atoms with Crippen LogP contribution in [0.2, 0.25) is 0 Å². The van der Waals surface area contributed by atoms with Crippen molar-refractivity contribution in [3.63, 3.8) is 0 Å². The van der Waals surface area contributed by atoms with Crippen molar-refractivity contribution in [1.82, 2.24) is 4.90 Å². The number of nitrogens with zero attached hydrogens (tertiary/aromatic N) is 1. The van der Waals surface area contributed by atoms with Crippen LogP contribution in [0, 0.1) is 11.3 Å². The quantitative estimate of drug-likeness (QED) is 0.810. The average molecular weight is 242 g/mol. The van der Waals surface area contributed by atoms with Crippen LogP contribution in [0.4, 0.5) is 0 Å². The molecule has 0 aromatic rings. The molecule has 0 aliphatic carbocycles. The second-order valence-electron chi connectivity index (χ2n) is 5.99. The van der Waals surface area contributed by atoms with Crippen molar-refractivity contribution in [1.29, 1.82) is 0 Å². The summed E-state index contributed by atoms with van der Waals surface area (Å²) in [5.41, 5.74) is 5.89. The predicted molar refractivity (Wildman–Crippen MR) is 68.6 cm³/mol. The molecule has 0 aromatic carbocycles. The molecular formula is C13H26N2O2. The van der Waals surface area contributed by atoms with E-state index in [-0.39, 0.29) is 17.2 Å². The minimum Gasteiger partial charge on any atom is -0.380 e. The SMILES string of the molecule is CC(C)(C)CC(CN)C(=O)N1CCCOCC1. The van der Waals surface area contributed by atoms with Crippen molar-refractivity contribution in [2.75, 3.05) is 32.8 Å². The molecule has 0 spiro atoms. The van der Waals surface area contributed by atoms with Gasteiger partial charge in [-0.05, 0) is 18.3 Å². The fourth-order valence-electron chi connectivity index (χ4n) is 2.24. The van der Waals surface area contributed by atoms with E-state index in [4.69, 9.17) is 10.5 Å². The van der Waals surface area contributed by atoms with Crippen LogP contribution in [-0.4, -0.2) is 43.7 Å². The molecule has 1 fully saturated rings. The van der Waals surface area contributed by atoms with Crippen LogP contribution in [0.1, 0.15) is 33.6 Å². The van der Waals surface area contributed by atoms with Gasteiger partial charge in [0.05, 0.1) is 12.5 Å². The number of amides is 1. The Morgan fingerprint density at radius 2 is 2.06 bits per heavy atom. The molecule has 1 saturated heterocycles. The van der Waals surface area contributed by atoms with Gasteiger partial charge in [0.25, 0.3) is 0 Å². The van der Waals surface area contributed by atoms with E-state index in [1.54, 1.807) is 0 Å². The number of hydrogen-bond donors (Lipinski definition) is 1. The summed E-state index contributed by atoms with van der Waals surface area (Å²) in [6.07, 6.45) is 1.78. The highest BCUT2D eigenvalue weighted by molar-refractivity contribution is 5.79. The highest BCUT2D eigenvalue weighted by atomic mass is 16.5. The molecule has 1 aliphatic rings. The largest absolute Gasteiger partial charge is 0.380 e. The third-order valence-corrected chi connectivity index (χ3v) is 3.03. The smallest absolute Gasteiger partial charge is 0.227 e. The third kappa shape index (κ3) is 5.04. The second-order valence-corrected chi connectivity index (χ2v) is 5.99. The molecule has 1 rings (SSSR count). The van der Waals surface area contributed by atoms with E-state index < -0.39 is 0 Å². The lowest BCUT2D eigenvalue weighted by Crippen LogP contribution is -2.41. The van der Waals surface area contributed by atoms with Crippen molar-refractivity contribution in [3.8, 4) is 0 Å². The summed E-state index contributed by atoms with van der Waals surface area (Å²) < 4.78 is 5.36. The predicted octanol–water partition coefficient (Wildman–Crippen LogP) is 1.25. The molecule has 4 nitrogen and oxygen atoms in total. The Hall–Kier alpha value is -0.610. The van der Waals surface area contributed by atoms with Crippen LogP contribution in [0.15, 0.2) is 0 Å². The van der Waals surface area contributed by atoms with Gasteiger partial charge in [0.1, 0.15) is 0 Å². The average Bonchev–Trinajstić information content (AvgIpc) is 2.52. The maximum absolute atomic E-state index is 12.4. The Labute approximate surface area is 104 Å².